The van der Waals surface area contributed by atoms with Gasteiger partial charge in [-0.2, -0.15) is 0 Å². The number of rotatable bonds is 2. The fourth-order valence-electron chi connectivity index (χ4n) is 5.93. The molecule has 6 heteroatoms. The van der Waals surface area contributed by atoms with Gasteiger partial charge in [0.15, 0.2) is 9.84 Å². The number of sulfone groups is 1. The van der Waals surface area contributed by atoms with Crippen molar-refractivity contribution in [1.29, 1.82) is 0 Å². The summed E-state index contributed by atoms with van der Waals surface area (Å²) in [6.07, 6.45) is 8.36. The van der Waals surface area contributed by atoms with Gasteiger partial charge in [0.2, 0.25) is 0 Å². The van der Waals surface area contributed by atoms with E-state index in [4.69, 9.17) is 4.74 Å². The lowest BCUT2D eigenvalue weighted by Gasteiger charge is -2.31. The standard InChI is InChI=1S/C19H18O2S.C17H16O2S/c1-22(20,21)18-12-14-7-3-4-8-15(14)17-11-10-13-6-2-5-9-16(13)19(17)18;1-17(2,3)19-16(18)15-10-13-8-11-6-4-5-7-12(11)9-14(13)20-15/h2,4-6,8-11,18H,3,7,12H2,1H3;4-10H,1-3H3. The third-order valence-electron chi connectivity index (χ3n) is 7.79. The fraction of sp³-hybridized carbons (Fsp3) is 0.250. The first-order valence-corrected chi connectivity index (χ1v) is 17.0. The molecule has 4 aromatic carbocycles. The van der Waals surface area contributed by atoms with Gasteiger partial charge >= 0.3 is 5.97 Å². The normalized spacial score (nSPS) is 16.6. The summed E-state index contributed by atoms with van der Waals surface area (Å²) < 4.78 is 31.4. The molecule has 0 saturated heterocycles. The minimum Gasteiger partial charge on any atom is -0.456 e. The average Bonchev–Trinajstić information content (AvgIpc) is 3.37. The number of carbonyl (C=O) groups is 1. The van der Waals surface area contributed by atoms with Crippen molar-refractivity contribution in [2.24, 2.45) is 0 Å². The van der Waals surface area contributed by atoms with E-state index in [0.29, 0.717) is 11.3 Å². The van der Waals surface area contributed by atoms with Gasteiger partial charge in [-0.15, -0.1) is 11.3 Å². The first-order chi connectivity index (χ1) is 20.0. The van der Waals surface area contributed by atoms with Crippen molar-refractivity contribution in [3.63, 3.8) is 0 Å². The Morgan fingerprint density at radius 2 is 1.57 bits per heavy atom. The first kappa shape index (κ1) is 28.4. The Balaban J connectivity index is 0.000000151. The van der Waals surface area contributed by atoms with Gasteiger partial charge in [0.05, 0.1) is 5.25 Å². The number of hydrogen-bond acceptors (Lipinski definition) is 5. The quantitative estimate of drug-likeness (QED) is 0.191. The molecule has 1 unspecified atom stereocenters. The van der Waals surface area contributed by atoms with Crippen LogP contribution in [-0.2, 0) is 14.6 Å². The Kier molecular flexibility index (Phi) is 7.32. The molecule has 0 aliphatic heterocycles. The summed E-state index contributed by atoms with van der Waals surface area (Å²) in [6, 6.07) is 26.7. The molecule has 0 spiro atoms. The molecule has 1 aromatic heterocycles. The SMILES string of the molecule is CC(C)(C)OC(=O)c1cc2cc3ccccc3cc2s1.CS(=O)(=O)C1CC2=C(C=CCC2)c2ccc3ccccc3c21. The molecule has 2 aliphatic rings. The molecule has 1 heterocycles. The van der Waals surface area contributed by atoms with Crippen LogP contribution in [0.2, 0.25) is 0 Å². The molecule has 2 aliphatic carbocycles. The highest BCUT2D eigenvalue weighted by Gasteiger charge is 2.34. The second kappa shape index (κ2) is 10.8. The van der Waals surface area contributed by atoms with Crippen LogP contribution >= 0.6 is 11.3 Å². The second-order valence-electron chi connectivity index (χ2n) is 12.1. The van der Waals surface area contributed by atoms with Crippen molar-refractivity contribution in [1.82, 2.24) is 0 Å². The average molecular weight is 595 g/mol. The highest BCUT2D eigenvalue weighted by Crippen LogP contribution is 2.47. The minimum absolute atomic E-state index is 0.247. The number of esters is 1. The van der Waals surface area contributed by atoms with Crippen molar-refractivity contribution in [2.75, 3.05) is 6.26 Å². The Hall–Kier alpha value is -3.74. The predicted molar refractivity (Wildman–Crippen MR) is 176 cm³/mol. The van der Waals surface area contributed by atoms with Crippen LogP contribution in [0, 0.1) is 0 Å². The summed E-state index contributed by atoms with van der Waals surface area (Å²) in [5.74, 6) is -0.247. The summed E-state index contributed by atoms with van der Waals surface area (Å²) in [5, 5.41) is 5.24. The molecule has 7 rings (SSSR count). The molecule has 1 atom stereocenters. The lowest BCUT2D eigenvalue weighted by Crippen LogP contribution is -2.23. The predicted octanol–water partition coefficient (Wildman–Crippen LogP) is 9.44. The first-order valence-electron chi connectivity index (χ1n) is 14.2. The largest absolute Gasteiger partial charge is 0.456 e. The van der Waals surface area contributed by atoms with Gasteiger partial charge in [0, 0.05) is 11.0 Å². The topological polar surface area (TPSA) is 60.4 Å². The fourth-order valence-corrected chi connectivity index (χ4v) is 8.08. The molecule has 0 amide bonds. The number of benzene rings is 4. The van der Waals surface area contributed by atoms with Crippen LogP contribution in [0.25, 0.3) is 37.2 Å². The van der Waals surface area contributed by atoms with E-state index >= 15 is 0 Å². The van der Waals surface area contributed by atoms with Gasteiger partial charge in [0.25, 0.3) is 0 Å². The van der Waals surface area contributed by atoms with E-state index < -0.39 is 20.7 Å². The summed E-state index contributed by atoms with van der Waals surface area (Å²) in [7, 11) is -3.14. The Labute approximate surface area is 251 Å². The third kappa shape index (κ3) is 5.66. The molecule has 42 heavy (non-hydrogen) atoms. The summed E-state index contributed by atoms with van der Waals surface area (Å²) in [6.45, 7) is 5.64. The molecule has 5 aromatic rings. The highest BCUT2D eigenvalue weighted by atomic mass is 32.2. The maximum atomic E-state index is 12.4. The number of allylic oxidation sites excluding steroid dienone is 4. The van der Waals surface area contributed by atoms with E-state index in [9.17, 15) is 13.2 Å². The Bertz CT molecular complexity index is 1970. The summed E-state index contributed by atoms with van der Waals surface area (Å²) in [5.41, 5.74) is 4.17. The number of carbonyl (C=O) groups excluding carboxylic acids is 1. The zero-order chi connectivity index (χ0) is 29.6. The highest BCUT2D eigenvalue weighted by molar-refractivity contribution is 7.91. The van der Waals surface area contributed by atoms with Crippen molar-refractivity contribution in [3.05, 3.63) is 113 Å². The van der Waals surface area contributed by atoms with Gasteiger partial charge in [-0.05, 0) is 102 Å². The molecule has 214 valence electrons. The van der Waals surface area contributed by atoms with Crippen LogP contribution in [0.3, 0.4) is 0 Å². The van der Waals surface area contributed by atoms with Crippen molar-refractivity contribution >= 4 is 64.3 Å². The molecule has 0 saturated carbocycles. The molecule has 4 nitrogen and oxygen atoms in total. The summed E-state index contributed by atoms with van der Waals surface area (Å²) in [4.78, 5) is 12.8. The zero-order valence-corrected chi connectivity index (χ0v) is 25.9. The van der Waals surface area contributed by atoms with E-state index in [1.54, 1.807) is 0 Å². The monoisotopic (exact) mass is 594 g/mol. The smallest absolute Gasteiger partial charge is 0.348 e. The van der Waals surface area contributed by atoms with Crippen LogP contribution in [0.4, 0.5) is 0 Å². The third-order valence-corrected chi connectivity index (χ3v) is 10.3. The molecule has 0 bridgehead atoms. The van der Waals surface area contributed by atoms with E-state index in [2.05, 4.69) is 54.6 Å². The van der Waals surface area contributed by atoms with Crippen LogP contribution in [0.1, 0.15) is 66.1 Å². The molecular formula is C36H34O4S2. The van der Waals surface area contributed by atoms with Crippen LogP contribution in [0.15, 0.2) is 96.6 Å². The number of ether oxygens (including phenoxy) is 1. The Morgan fingerprint density at radius 3 is 2.29 bits per heavy atom. The molecule has 0 fully saturated rings. The molecule has 0 N–H and O–H groups in total. The molecular weight excluding hydrogens is 561 g/mol. The van der Waals surface area contributed by atoms with Crippen LogP contribution < -0.4 is 0 Å². The number of thiophene rings is 1. The maximum Gasteiger partial charge on any atom is 0.348 e. The lowest BCUT2D eigenvalue weighted by atomic mass is 9.79. The number of hydrogen-bond donors (Lipinski definition) is 0. The van der Waals surface area contributed by atoms with Gasteiger partial charge < -0.3 is 4.74 Å². The van der Waals surface area contributed by atoms with Crippen molar-refractivity contribution in [3.8, 4) is 0 Å². The lowest BCUT2D eigenvalue weighted by molar-refractivity contribution is 0.00752. The van der Waals surface area contributed by atoms with Gasteiger partial charge in [-0.25, -0.2) is 13.2 Å². The van der Waals surface area contributed by atoms with Crippen molar-refractivity contribution < 1.29 is 17.9 Å². The van der Waals surface area contributed by atoms with E-state index in [1.165, 1.54) is 39.5 Å². The van der Waals surface area contributed by atoms with Gasteiger partial charge in [-0.3, -0.25) is 0 Å². The number of fused-ring (bicyclic) bond motifs is 6. The maximum absolute atomic E-state index is 12.4. The Morgan fingerprint density at radius 1 is 0.881 bits per heavy atom. The van der Waals surface area contributed by atoms with E-state index in [-0.39, 0.29) is 5.97 Å². The van der Waals surface area contributed by atoms with E-state index in [0.717, 1.165) is 44.8 Å². The zero-order valence-electron chi connectivity index (χ0n) is 24.3. The second-order valence-corrected chi connectivity index (χ2v) is 15.4. The molecule has 0 radical (unpaired) electrons. The van der Waals surface area contributed by atoms with Gasteiger partial charge in [-0.1, -0.05) is 78.4 Å². The van der Waals surface area contributed by atoms with Gasteiger partial charge in [0.1, 0.15) is 10.5 Å². The van der Waals surface area contributed by atoms with Crippen molar-refractivity contribution in [2.45, 2.75) is 50.9 Å². The van der Waals surface area contributed by atoms with Crippen LogP contribution in [0.5, 0.6) is 0 Å². The summed E-state index contributed by atoms with van der Waals surface area (Å²) >= 11 is 1.49. The minimum atomic E-state index is -3.14. The van der Waals surface area contributed by atoms with Crippen LogP contribution in [-0.4, -0.2) is 26.2 Å². The van der Waals surface area contributed by atoms with E-state index in [1.807, 2.05) is 57.2 Å².